The van der Waals surface area contributed by atoms with Crippen LogP contribution in [0.5, 0.6) is 0 Å². The van der Waals surface area contributed by atoms with Crippen LogP contribution in [0.15, 0.2) is 12.0 Å². The van der Waals surface area contributed by atoms with Crippen LogP contribution in [0.2, 0.25) is 0 Å². The van der Waals surface area contributed by atoms with Gasteiger partial charge in [-0.15, -0.1) is 0 Å². The first kappa shape index (κ1) is 9.56. The van der Waals surface area contributed by atoms with Crippen molar-refractivity contribution >= 4 is 17.0 Å². The summed E-state index contributed by atoms with van der Waals surface area (Å²) in [7, 11) is 0. The fourth-order valence-electron chi connectivity index (χ4n) is 0.628. The van der Waals surface area contributed by atoms with Crippen LogP contribution >= 0.6 is 11.8 Å². The molecule has 1 amide bonds. The topological polar surface area (TPSA) is 20.3 Å². The molecule has 0 aromatic heterocycles. The van der Waals surface area contributed by atoms with Crippen molar-refractivity contribution in [2.75, 3.05) is 13.1 Å². The molecule has 0 N–H and O–H groups in total. The van der Waals surface area contributed by atoms with Crippen molar-refractivity contribution in [2.45, 2.75) is 13.8 Å². The summed E-state index contributed by atoms with van der Waals surface area (Å²) in [6.45, 7) is 8.94. The number of hydrogen-bond donors (Lipinski definition) is 0. The second-order valence-electron chi connectivity index (χ2n) is 1.72. The Morgan fingerprint density at radius 3 is 2.40 bits per heavy atom. The van der Waals surface area contributed by atoms with Crippen molar-refractivity contribution in [3.63, 3.8) is 0 Å². The number of thioether (sulfide) groups is 1. The molecular formula is C7H13NOS. The van der Waals surface area contributed by atoms with Crippen molar-refractivity contribution in [2.24, 2.45) is 0 Å². The molecule has 0 bridgehead atoms. The SMILES string of the molecule is C=CSC(=O)N(CC)CC. The van der Waals surface area contributed by atoms with Gasteiger partial charge in [0.25, 0.3) is 5.24 Å². The molecule has 0 aromatic rings. The van der Waals surface area contributed by atoms with Gasteiger partial charge in [0.1, 0.15) is 0 Å². The minimum Gasteiger partial charge on any atom is -0.334 e. The fourth-order valence-corrected chi connectivity index (χ4v) is 1.18. The van der Waals surface area contributed by atoms with Crippen LogP contribution in [0.25, 0.3) is 0 Å². The molecule has 0 saturated heterocycles. The smallest absolute Gasteiger partial charge is 0.285 e. The summed E-state index contributed by atoms with van der Waals surface area (Å²) in [6.07, 6.45) is 0. The Kier molecular flexibility index (Phi) is 5.12. The lowest BCUT2D eigenvalue weighted by molar-refractivity contribution is 0.228. The zero-order valence-corrected chi connectivity index (χ0v) is 7.28. The Hall–Kier alpha value is -0.440. The number of hydrogen-bond acceptors (Lipinski definition) is 2. The van der Waals surface area contributed by atoms with Gasteiger partial charge in [-0.2, -0.15) is 0 Å². The van der Waals surface area contributed by atoms with Crippen molar-refractivity contribution in [3.8, 4) is 0 Å². The van der Waals surface area contributed by atoms with Gasteiger partial charge in [0.2, 0.25) is 0 Å². The summed E-state index contributed by atoms with van der Waals surface area (Å²) < 4.78 is 0. The van der Waals surface area contributed by atoms with Crippen LogP contribution in [0.1, 0.15) is 13.8 Å². The van der Waals surface area contributed by atoms with E-state index in [2.05, 4.69) is 6.58 Å². The second-order valence-corrected chi connectivity index (χ2v) is 2.64. The van der Waals surface area contributed by atoms with Gasteiger partial charge in [-0.25, -0.2) is 0 Å². The molecule has 0 atom stereocenters. The number of rotatable bonds is 3. The standard InChI is InChI=1S/C7H13NOS/c1-4-8(5-2)7(9)10-6-3/h6H,3-5H2,1-2H3. The summed E-state index contributed by atoms with van der Waals surface area (Å²) in [4.78, 5) is 12.8. The molecule has 0 aromatic carbocycles. The second kappa shape index (κ2) is 5.35. The molecule has 3 heteroatoms. The lowest BCUT2D eigenvalue weighted by Gasteiger charge is -2.15. The average molecular weight is 159 g/mol. The van der Waals surface area contributed by atoms with Crippen LogP contribution in [-0.4, -0.2) is 23.2 Å². The third kappa shape index (κ3) is 2.92. The van der Waals surface area contributed by atoms with Crippen LogP contribution < -0.4 is 0 Å². The first-order valence-corrected chi connectivity index (χ1v) is 4.20. The van der Waals surface area contributed by atoms with Gasteiger partial charge in [0, 0.05) is 13.1 Å². The normalized spacial score (nSPS) is 9.00. The predicted octanol–water partition coefficient (Wildman–Crippen LogP) is 2.32. The van der Waals surface area contributed by atoms with Crippen molar-refractivity contribution < 1.29 is 4.79 Å². The highest BCUT2D eigenvalue weighted by molar-refractivity contribution is 8.16. The third-order valence-electron chi connectivity index (χ3n) is 1.21. The Balaban J connectivity index is 3.76. The number of nitrogens with zero attached hydrogens (tertiary/aromatic N) is 1. The number of amides is 1. The van der Waals surface area contributed by atoms with Crippen molar-refractivity contribution in [3.05, 3.63) is 12.0 Å². The Labute approximate surface area is 66.3 Å². The van der Waals surface area contributed by atoms with E-state index in [0.29, 0.717) is 0 Å². The lowest BCUT2D eigenvalue weighted by atomic mass is 10.6. The van der Waals surface area contributed by atoms with E-state index in [4.69, 9.17) is 0 Å². The molecule has 0 spiro atoms. The third-order valence-corrected chi connectivity index (χ3v) is 1.83. The van der Waals surface area contributed by atoms with E-state index in [9.17, 15) is 4.79 Å². The Morgan fingerprint density at radius 1 is 1.60 bits per heavy atom. The fraction of sp³-hybridized carbons (Fsp3) is 0.571. The largest absolute Gasteiger partial charge is 0.334 e. The highest BCUT2D eigenvalue weighted by Gasteiger charge is 2.06. The zero-order valence-electron chi connectivity index (χ0n) is 6.46. The average Bonchev–Trinajstić information content (AvgIpc) is 1.91. The van der Waals surface area contributed by atoms with E-state index in [0.717, 1.165) is 24.9 Å². The quantitative estimate of drug-likeness (QED) is 0.630. The first-order valence-electron chi connectivity index (χ1n) is 3.32. The van der Waals surface area contributed by atoms with Crippen LogP contribution in [-0.2, 0) is 0 Å². The molecule has 0 radical (unpaired) electrons. The van der Waals surface area contributed by atoms with Gasteiger partial charge in [0.05, 0.1) is 0 Å². The highest BCUT2D eigenvalue weighted by atomic mass is 32.2. The van der Waals surface area contributed by atoms with Crippen molar-refractivity contribution in [1.29, 1.82) is 0 Å². The van der Waals surface area contributed by atoms with Gasteiger partial charge in [-0.05, 0) is 31.0 Å². The van der Waals surface area contributed by atoms with Crippen molar-refractivity contribution in [1.82, 2.24) is 4.90 Å². The summed E-state index contributed by atoms with van der Waals surface area (Å²) in [5.74, 6) is 0. The Bertz CT molecular complexity index is 121. The van der Waals surface area contributed by atoms with E-state index in [1.165, 1.54) is 0 Å². The maximum Gasteiger partial charge on any atom is 0.285 e. The molecule has 2 nitrogen and oxygen atoms in total. The minimum absolute atomic E-state index is 0.0833. The Morgan fingerprint density at radius 2 is 2.10 bits per heavy atom. The summed E-state index contributed by atoms with van der Waals surface area (Å²) in [6, 6.07) is 0. The molecule has 0 rings (SSSR count). The molecule has 0 saturated carbocycles. The van der Waals surface area contributed by atoms with Gasteiger partial charge < -0.3 is 4.90 Å². The molecule has 0 aliphatic heterocycles. The predicted molar refractivity (Wildman–Crippen MR) is 46.1 cm³/mol. The maximum atomic E-state index is 11.0. The number of carbonyl (C=O) groups is 1. The summed E-state index contributed by atoms with van der Waals surface area (Å²) >= 11 is 1.14. The van der Waals surface area contributed by atoms with Gasteiger partial charge in [0.15, 0.2) is 0 Å². The van der Waals surface area contributed by atoms with Gasteiger partial charge >= 0.3 is 0 Å². The zero-order chi connectivity index (χ0) is 7.98. The number of carbonyl (C=O) groups excluding carboxylic acids is 1. The first-order chi connectivity index (χ1) is 4.76. The van der Waals surface area contributed by atoms with E-state index >= 15 is 0 Å². The van der Waals surface area contributed by atoms with E-state index in [-0.39, 0.29) is 5.24 Å². The maximum absolute atomic E-state index is 11.0. The van der Waals surface area contributed by atoms with E-state index in [1.807, 2.05) is 13.8 Å². The van der Waals surface area contributed by atoms with E-state index < -0.39 is 0 Å². The van der Waals surface area contributed by atoms with Gasteiger partial charge in [-0.3, -0.25) is 4.79 Å². The molecule has 10 heavy (non-hydrogen) atoms. The summed E-state index contributed by atoms with van der Waals surface area (Å²) in [5, 5.41) is 1.64. The molecule has 0 aliphatic rings. The van der Waals surface area contributed by atoms with E-state index in [1.54, 1.807) is 10.3 Å². The monoisotopic (exact) mass is 159 g/mol. The molecule has 0 aliphatic carbocycles. The molecule has 0 unspecified atom stereocenters. The highest BCUT2D eigenvalue weighted by Crippen LogP contribution is 2.07. The molecule has 0 fully saturated rings. The summed E-state index contributed by atoms with van der Waals surface area (Å²) in [5.41, 5.74) is 0. The molecule has 58 valence electrons. The molecule has 0 heterocycles. The molecular weight excluding hydrogens is 146 g/mol. The van der Waals surface area contributed by atoms with Crippen LogP contribution in [0.4, 0.5) is 4.79 Å². The lowest BCUT2D eigenvalue weighted by Crippen LogP contribution is -2.26. The van der Waals surface area contributed by atoms with Gasteiger partial charge in [-0.1, -0.05) is 6.58 Å². The van der Waals surface area contributed by atoms with Crippen LogP contribution in [0.3, 0.4) is 0 Å². The minimum atomic E-state index is 0.0833. The van der Waals surface area contributed by atoms with Crippen LogP contribution in [0, 0.1) is 0 Å².